The molecule has 0 fully saturated rings. The van der Waals surface area contributed by atoms with Crippen LogP contribution in [0.1, 0.15) is 33.7 Å². The van der Waals surface area contributed by atoms with Crippen LogP contribution in [0.2, 0.25) is 0 Å². The predicted octanol–water partition coefficient (Wildman–Crippen LogP) is 7.54. The van der Waals surface area contributed by atoms with Gasteiger partial charge in [0.25, 0.3) is 11.8 Å². The van der Waals surface area contributed by atoms with Gasteiger partial charge in [-0.2, -0.15) is 0 Å². The first-order valence-corrected chi connectivity index (χ1v) is 16.2. The van der Waals surface area contributed by atoms with Crippen molar-refractivity contribution in [1.82, 2.24) is 5.32 Å². The zero-order chi connectivity index (χ0) is 34.6. The number of thioether (sulfide) groups is 1. The van der Waals surface area contributed by atoms with Gasteiger partial charge in [-0.15, -0.1) is 11.8 Å². The molecule has 5 aromatic rings. The molecule has 0 aliphatic carbocycles. The van der Waals surface area contributed by atoms with E-state index in [0.717, 1.165) is 10.5 Å². The van der Waals surface area contributed by atoms with Crippen LogP contribution in [0.4, 0.5) is 17.1 Å². The molecule has 5 aromatic carbocycles. The average Bonchev–Trinajstić information content (AvgIpc) is 3.12. The number of carbonyl (C=O) groups is 4. The number of rotatable bonds is 12. The maximum atomic E-state index is 13.7. The number of benzene rings is 5. The molecule has 0 aliphatic rings. The van der Waals surface area contributed by atoms with Crippen LogP contribution in [-0.4, -0.2) is 30.7 Å². The molecule has 5 rings (SSSR count). The van der Waals surface area contributed by atoms with E-state index in [1.807, 2.05) is 36.4 Å². The Morgan fingerprint density at radius 3 is 2.00 bits per heavy atom. The summed E-state index contributed by atoms with van der Waals surface area (Å²) in [6.45, 7) is 1.43. The molecule has 1 unspecified atom stereocenters. The number of ether oxygens (including phenoxy) is 1. The SMILES string of the molecule is COc1cccc(/C=C(\NC(=O)c2ccccc2)C(=O)Nc2cccc(SC(C(=O)Nc3ccc(NC(C)=O)cc3)c3ccccc3)c2)c1. The second-order valence-corrected chi connectivity index (χ2v) is 12.0. The van der Waals surface area contributed by atoms with Crippen molar-refractivity contribution in [3.05, 3.63) is 156 Å². The number of hydrogen-bond acceptors (Lipinski definition) is 6. The summed E-state index contributed by atoms with van der Waals surface area (Å²) < 4.78 is 5.33. The second kappa shape index (κ2) is 16.6. The van der Waals surface area contributed by atoms with Crippen LogP contribution in [-0.2, 0) is 14.4 Å². The van der Waals surface area contributed by atoms with E-state index in [9.17, 15) is 19.2 Å². The van der Waals surface area contributed by atoms with Gasteiger partial charge in [0.15, 0.2) is 0 Å². The third-order valence-corrected chi connectivity index (χ3v) is 8.34. The Morgan fingerprint density at radius 1 is 0.673 bits per heavy atom. The van der Waals surface area contributed by atoms with Crippen molar-refractivity contribution < 1.29 is 23.9 Å². The monoisotopic (exact) mass is 670 g/mol. The van der Waals surface area contributed by atoms with Crippen molar-refractivity contribution >= 4 is 58.5 Å². The van der Waals surface area contributed by atoms with E-state index in [1.54, 1.807) is 110 Å². The smallest absolute Gasteiger partial charge is 0.272 e. The van der Waals surface area contributed by atoms with E-state index < -0.39 is 17.1 Å². The number of carbonyl (C=O) groups excluding carboxylic acids is 4. The minimum absolute atomic E-state index is 0.0335. The summed E-state index contributed by atoms with van der Waals surface area (Å²) in [6, 6.07) is 39.2. The van der Waals surface area contributed by atoms with E-state index in [4.69, 9.17) is 4.74 Å². The van der Waals surface area contributed by atoms with Crippen molar-refractivity contribution in [1.29, 1.82) is 0 Å². The lowest BCUT2D eigenvalue weighted by Gasteiger charge is -2.18. The van der Waals surface area contributed by atoms with Gasteiger partial charge >= 0.3 is 0 Å². The first kappa shape index (κ1) is 34.2. The molecule has 0 bridgehead atoms. The van der Waals surface area contributed by atoms with Crippen molar-refractivity contribution in [2.24, 2.45) is 0 Å². The highest BCUT2D eigenvalue weighted by Crippen LogP contribution is 2.37. The fourth-order valence-corrected chi connectivity index (χ4v) is 5.85. The number of methoxy groups -OCH3 is 1. The molecule has 4 amide bonds. The third kappa shape index (κ3) is 9.93. The van der Waals surface area contributed by atoms with Crippen LogP contribution in [0.15, 0.2) is 144 Å². The summed E-state index contributed by atoms with van der Waals surface area (Å²) in [5.41, 5.74) is 3.56. The van der Waals surface area contributed by atoms with E-state index in [0.29, 0.717) is 33.9 Å². The second-order valence-electron chi connectivity index (χ2n) is 10.8. The van der Waals surface area contributed by atoms with Crippen LogP contribution < -0.4 is 26.0 Å². The van der Waals surface area contributed by atoms with Crippen molar-refractivity contribution in [2.75, 3.05) is 23.1 Å². The number of hydrogen-bond donors (Lipinski definition) is 4. The first-order valence-electron chi connectivity index (χ1n) is 15.3. The Balaban J connectivity index is 1.36. The largest absolute Gasteiger partial charge is 0.497 e. The van der Waals surface area contributed by atoms with Gasteiger partial charge in [-0.25, -0.2) is 0 Å². The molecule has 10 heteroatoms. The molecule has 0 aromatic heterocycles. The van der Waals surface area contributed by atoms with Gasteiger partial charge in [-0.1, -0.05) is 66.7 Å². The fourth-order valence-electron chi connectivity index (χ4n) is 4.77. The minimum Gasteiger partial charge on any atom is -0.497 e. The van der Waals surface area contributed by atoms with E-state index >= 15 is 0 Å². The molecule has 0 saturated heterocycles. The van der Waals surface area contributed by atoms with Gasteiger partial charge in [0.1, 0.15) is 16.7 Å². The summed E-state index contributed by atoms with van der Waals surface area (Å²) in [5, 5.41) is 10.7. The molecule has 246 valence electrons. The standard InChI is InChI=1S/C39H34N4O5S/c1-26(44)40-30-19-21-31(22-20-30)41-39(47)36(28-12-5-3-6-13-28)49-34-18-10-16-32(25-34)42-38(46)35(24-27-11-9-17-33(23-27)48-2)43-37(45)29-14-7-4-8-15-29/h3-25,36H,1-2H3,(H,40,44)(H,41,47)(H,42,46)(H,43,45)/b35-24-. The summed E-state index contributed by atoms with van der Waals surface area (Å²) in [6.07, 6.45) is 1.58. The molecule has 4 N–H and O–H groups in total. The van der Waals surface area contributed by atoms with Crippen LogP contribution in [0.5, 0.6) is 5.75 Å². The van der Waals surface area contributed by atoms with Gasteiger partial charge < -0.3 is 26.0 Å². The lowest BCUT2D eigenvalue weighted by atomic mass is 10.1. The van der Waals surface area contributed by atoms with Crippen LogP contribution in [0.25, 0.3) is 6.08 Å². The molecular weight excluding hydrogens is 637 g/mol. The quantitative estimate of drug-likeness (QED) is 0.0803. The predicted molar refractivity (Wildman–Crippen MR) is 194 cm³/mol. The van der Waals surface area contributed by atoms with Crippen molar-refractivity contribution in [3.63, 3.8) is 0 Å². The number of nitrogens with one attached hydrogen (secondary N) is 4. The number of anilines is 3. The zero-order valence-corrected chi connectivity index (χ0v) is 27.6. The van der Waals surface area contributed by atoms with Crippen LogP contribution in [0, 0.1) is 0 Å². The Hall–Kier alpha value is -6.13. The average molecular weight is 671 g/mol. The normalized spacial score (nSPS) is 11.5. The molecule has 9 nitrogen and oxygen atoms in total. The maximum absolute atomic E-state index is 13.7. The van der Waals surface area contributed by atoms with Crippen LogP contribution in [0.3, 0.4) is 0 Å². The van der Waals surface area contributed by atoms with Gasteiger partial charge in [0.05, 0.1) is 7.11 Å². The highest BCUT2D eigenvalue weighted by molar-refractivity contribution is 8.00. The molecule has 0 spiro atoms. The summed E-state index contributed by atoms with van der Waals surface area (Å²) >= 11 is 1.33. The highest BCUT2D eigenvalue weighted by atomic mass is 32.2. The Bertz CT molecular complexity index is 1970. The molecule has 0 heterocycles. The summed E-state index contributed by atoms with van der Waals surface area (Å²) in [5.74, 6) is -0.793. The fraction of sp³-hybridized carbons (Fsp3) is 0.0769. The molecule has 0 aliphatic heterocycles. The summed E-state index contributed by atoms with van der Waals surface area (Å²) in [7, 11) is 1.55. The Morgan fingerprint density at radius 2 is 1.33 bits per heavy atom. The topological polar surface area (TPSA) is 126 Å². The maximum Gasteiger partial charge on any atom is 0.272 e. The van der Waals surface area contributed by atoms with Gasteiger partial charge in [-0.05, 0) is 83.9 Å². The van der Waals surface area contributed by atoms with Crippen LogP contribution >= 0.6 is 11.8 Å². The highest BCUT2D eigenvalue weighted by Gasteiger charge is 2.23. The summed E-state index contributed by atoms with van der Waals surface area (Å²) in [4.78, 5) is 52.5. The zero-order valence-electron chi connectivity index (χ0n) is 26.8. The Kier molecular flexibility index (Phi) is 11.6. The minimum atomic E-state index is -0.629. The molecular formula is C39H34N4O5S. The molecule has 49 heavy (non-hydrogen) atoms. The van der Waals surface area contributed by atoms with Gasteiger partial charge in [0.2, 0.25) is 11.8 Å². The van der Waals surface area contributed by atoms with Crippen molar-refractivity contribution in [3.8, 4) is 5.75 Å². The lowest BCUT2D eigenvalue weighted by Crippen LogP contribution is -2.30. The first-order chi connectivity index (χ1) is 23.8. The van der Waals surface area contributed by atoms with E-state index in [1.165, 1.54) is 18.7 Å². The van der Waals surface area contributed by atoms with Gasteiger partial charge in [-0.3, -0.25) is 19.2 Å². The van der Waals surface area contributed by atoms with E-state index in [-0.39, 0.29) is 17.5 Å². The number of amides is 4. The molecule has 0 saturated carbocycles. The lowest BCUT2D eigenvalue weighted by molar-refractivity contribution is -0.116. The molecule has 0 radical (unpaired) electrons. The Labute approximate surface area is 288 Å². The molecule has 1 atom stereocenters. The van der Waals surface area contributed by atoms with E-state index in [2.05, 4.69) is 21.3 Å². The third-order valence-electron chi connectivity index (χ3n) is 7.09. The van der Waals surface area contributed by atoms with Crippen molar-refractivity contribution in [2.45, 2.75) is 17.1 Å². The van der Waals surface area contributed by atoms with Gasteiger partial charge in [0, 0.05) is 34.4 Å².